The molecule has 0 saturated carbocycles. The standard InChI is InChI=1S/C22H23NO4S/c1-28-13-7-6-12-20(21(24)25)23-22(26)27-14-19-17-10-4-2-8-15(17)16-9-3-5-11-18(16)19/h2-11,19-20H,12-14H2,1H3,(H,23,26)(H,24,25)/b7-6+/t20-/m0/s1. The predicted molar refractivity (Wildman–Crippen MR) is 112 cm³/mol. The minimum absolute atomic E-state index is 0.0529. The maximum absolute atomic E-state index is 12.2. The van der Waals surface area contributed by atoms with E-state index in [2.05, 4.69) is 17.4 Å². The first-order valence-corrected chi connectivity index (χ1v) is 10.5. The molecule has 28 heavy (non-hydrogen) atoms. The van der Waals surface area contributed by atoms with Crippen LogP contribution in [0.15, 0.2) is 60.7 Å². The van der Waals surface area contributed by atoms with Crippen molar-refractivity contribution in [2.45, 2.75) is 18.4 Å². The van der Waals surface area contributed by atoms with E-state index in [1.807, 2.05) is 48.7 Å². The van der Waals surface area contributed by atoms with Crippen LogP contribution in [0.2, 0.25) is 0 Å². The van der Waals surface area contributed by atoms with Crippen LogP contribution in [0.1, 0.15) is 23.5 Å². The van der Waals surface area contributed by atoms with E-state index < -0.39 is 18.1 Å². The summed E-state index contributed by atoms with van der Waals surface area (Å²) in [6.07, 6.45) is 5.13. The number of nitrogens with one attached hydrogen (secondary N) is 1. The molecule has 2 N–H and O–H groups in total. The zero-order valence-electron chi connectivity index (χ0n) is 15.6. The van der Waals surface area contributed by atoms with Gasteiger partial charge < -0.3 is 15.2 Å². The third kappa shape index (κ3) is 4.57. The minimum atomic E-state index is -1.08. The van der Waals surface area contributed by atoms with Gasteiger partial charge >= 0.3 is 12.1 Å². The molecular formula is C22H23NO4S. The van der Waals surface area contributed by atoms with Crippen LogP contribution in [0, 0.1) is 0 Å². The normalized spacial score (nSPS) is 13.8. The number of carbonyl (C=O) groups is 2. The van der Waals surface area contributed by atoms with Crippen LogP contribution in [0.4, 0.5) is 4.79 Å². The Hall–Kier alpha value is -2.73. The number of hydrogen-bond acceptors (Lipinski definition) is 4. The maximum atomic E-state index is 12.2. The molecule has 1 aliphatic rings. The number of alkyl carbamates (subject to hydrolysis) is 1. The highest BCUT2D eigenvalue weighted by molar-refractivity contribution is 7.98. The number of amides is 1. The molecule has 3 rings (SSSR count). The lowest BCUT2D eigenvalue weighted by molar-refractivity contribution is -0.139. The summed E-state index contributed by atoms with van der Waals surface area (Å²) in [6, 6.07) is 15.1. The summed E-state index contributed by atoms with van der Waals surface area (Å²) in [7, 11) is 0. The Balaban J connectivity index is 1.63. The monoisotopic (exact) mass is 397 g/mol. The number of carboxylic acid groups (broad SMARTS) is 1. The van der Waals surface area contributed by atoms with Crippen LogP contribution < -0.4 is 5.32 Å². The van der Waals surface area contributed by atoms with Crippen LogP contribution in [0.5, 0.6) is 0 Å². The Labute approximate surface area is 168 Å². The fourth-order valence-corrected chi connectivity index (χ4v) is 3.73. The van der Waals surface area contributed by atoms with Crippen molar-refractivity contribution < 1.29 is 19.4 Å². The molecule has 0 bridgehead atoms. The molecule has 0 heterocycles. The summed E-state index contributed by atoms with van der Waals surface area (Å²) < 4.78 is 5.41. The van der Waals surface area contributed by atoms with Gasteiger partial charge in [-0.3, -0.25) is 0 Å². The molecule has 1 aliphatic carbocycles. The average Bonchev–Trinajstić information content (AvgIpc) is 3.02. The van der Waals surface area contributed by atoms with Gasteiger partial charge in [0.05, 0.1) is 0 Å². The minimum Gasteiger partial charge on any atom is -0.480 e. The maximum Gasteiger partial charge on any atom is 0.407 e. The Bertz CT molecular complexity index is 835. The van der Waals surface area contributed by atoms with E-state index in [9.17, 15) is 14.7 Å². The number of aliphatic carboxylic acids is 1. The van der Waals surface area contributed by atoms with Crippen LogP contribution in [0.25, 0.3) is 11.1 Å². The smallest absolute Gasteiger partial charge is 0.407 e. The van der Waals surface area contributed by atoms with E-state index in [4.69, 9.17) is 4.74 Å². The second kappa shape index (κ2) is 9.46. The van der Waals surface area contributed by atoms with E-state index in [0.29, 0.717) is 0 Å². The highest BCUT2D eigenvalue weighted by Gasteiger charge is 2.29. The fourth-order valence-electron chi connectivity index (χ4n) is 3.40. The van der Waals surface area contributed by atoms with Crippen molar-refractivity contribution in [3.05, 3.63) is 71.8 Å². The zero-order valence-corrected chi connectivity index (χ0v) is 16.4. The lowest BCUT2D eigenvalue weighted by Crippen LogP contribution is -2.41. The molecule has 1 atom stereocenters. The first kappa shape index (κ1) is 20.0. The number of carbonyl (C=O) groups excluding carboxylic acids is 1. The average molecular weight is 397 g/mol. The summed E-state index contributed by atoms with van der Waals surface area (Å²) in [4.78, 5) is 23.6. The third-order valence-electron chi connectivity index (χ3n) is 4.74. The number of rotatable bonds is 8. The quantitative estimate of drug-likeness (QED) is 0.650. The molecular weight excluding hydrogens is 374 g/mol. The van der Waals surface area contributed by atoms with Crippen molar-refractivity contribution in [3.8, 4) is 11.1 Å². The van der Waals surface area contributed by atoms with Gasteiger partial charge in [-0.25, -0.2) is 9.59 Å². The van der Waals surface area contributed by atoms with Crippen molar-refractivity contribution in [2.75, 3.05) is 18.6 Å². The molecule has 0 unspecified atom stereocenters. The van der Waals surface area contributed by atoms with E-state index >= 15 is 0 Å². The van der Waals surface area contributed by atoms with Crippen LogP contribution in [0.3, 0.4) is 0 Å². The van der Waals surface area contributed by atoms with Crippen molar-refractivity contribution >= 4 is 23.8 Å². The van der Waals surface area contributed by atoms with Crippen LogP contribution in [-0.2, 0) is 9.53 Å². The van der Waals surface area contributed by atoms with Gasteiger partial charge in [0.25, 0.3) is 0 Å². The molecule has 5 nitrogen and oxygen atoms in total. The molecule has 0 saturated heterocycles. The van der Waals surface area contributed by atoms with Crippen molar-refractivity contribution in [1.29, 1.82) is 0 Å². The van der Waals surface area contributed by atoms with Gasteiger partial charge in [-0.05, 0) is 34.9 Å². The van der Waals surface area contributed by atoms with Crippen LogP contribution in [-0.4, -0.2) is 41.8 Å². The topological polar surface area (TPSA) is 75.6 Å². The second-order valence-corrected chi connectivity index (χ2v) is 7.43. The van der Waals surface area contributed by atoms with Gasteiger partial charge in [-0.2, -0.15) is 11.8 Å². The lowest BCUT2D eigenvalue weighted by Gasteiger charge is -2.16. The number of benzene rings is 2. The highest BCUT2D eigenvalue weighted by Crippen LogP contribution is 2.44. The largest absolute Gasteiger partial charge is 0.480 e. The summed E-state index contributed by atoms with van der Waals surface area (Å²) in [5, 5.41) is 11.8. The molecule has 1 amide bonds. The SMILES string of the molecule is CSC/C=C/C[C@H](NC(=O)OCC1c2ccccc2-c2ccccc21)C(=O)O. The molecule has 0 aliphatic heterocycles. The van der Waals surface area contributed by atoms with Gasteiger partial charge in [-0.1, -0.05) is 60.7 Å². The second-order valence-electron chi connectivity index (χ2n) is 6.52. The van der Waals surface area contributed by atoms with Crippen molar-refractivity contribution in [1.82, 2.24) is 5.32 Å². The zero-order chi connectivity index (χ0) is 19.9. The molecule has 2 aromatic rings. The first-order valence-electron chi connectivity index (χ1n) is 9.10. The summed E-state index contributed by atoms with van der Waals surface area (Å²) >= 11 is 1.64. The number of thioether (sulfide) groups is 1. The fraction of sp³-hybridized carbons (Fsp3) is 0.273. The van der Waals surface area contributed by atoms with Gasteiger partial charge in [0.2, 0.25) is 0 Å². The Morgan fingerprint density at radius 2 is 1.71 bits per heavy atom. The lowest BCUT2D eigenvalue weighted by atomic mass is 9.98. The molecule has 0 spiro atoms. The summed E-state index contributed by atoms with van der Waals surface area (Å²) in [5.41, 5.74) is 4.53. The molecule has 0 fully saturated rings. The van der Waals surface area contributed by atoms with E-state index in [-0.39, 0.29) is 18.9 Å². The Kier molecular flexibility index (Phi) is 6.76. The molecule has 2 aromatic carbocycles. The van der Waals surface area contributed by atoms with E-state index in [1.165, 1.54) is 0 Å². The number of fused-ring (bicyclic) bond motifs is 3. The number of ether oxygens (including phenoxy) is 1. The molecule has 146 valence electrons. The van der Waals surface area contributed by atoms with Gasteiger partial charge in [0.1, 0.15) is 12.6 Å². The van der Waals surface area contributed by atoms with Gasteiger partial charge in [0.15, 0.2) is 0 Å². The van der Waals surface area contributed by atoms with Gasteiger partial charge in [0, 0.05) is 11.7 Å². The first-order chi connectivity index (χ1) is 13.6. The highest BCUT2D eigenvalue weighted by atomic mass is 32.2. The molecule has 6 heteroatoms. The Morgan fingerprint density at radius 1 is 1.11 bits per heavy atom. The summed E-state index contributed by atoms with van der Waals surface area (Å²) in [5.74, 6) is -0.331. The van der Waals surface area contributed by atoms with Crippen molar-refractivity contribution in [3.63, 3.8) is 0 Å². The predicted octanol–water partition coefficient (Wildman–Crippen LogP) is 4.29. The van der Waals surface area contributed by atoms with Gasteiger partial charge in [-0.15, -0.1) is 0 Å². The Morgan fingerprint density at radius 3 is 2.29 bits per heavy atom. The van der Waals surface area contributed by atoms with E-state index in [1.54, 1.807) is 17.8 Å². The third-order valence-corrected chi connectivity index (χ3v) is 5.26. The molecule has 0 aromatic heterocycles. The summed E-state index contributed by atoms with van der Waals surface area (Å²) in [6.45, 7) is 0.161. The number of hydrogen-bond donors (Lipinski definition) is 2. The molecule has 0 radical (unpaired) electrons. The van der Waals surface area contributed by atoms with Crippen molar-refractivity contribution in [2.24, 2.45) is 0 Å². The van der Waals surface area contributed by atoms with E-state index in [0.717, 1.165) is 28.0 Å². The number of carboxylic acids is 1. The van der Waals surface area contributed by atoms with Crippen LogP contribution >= 0.6 is 11.8 Å².